The van der Waals surface area contributed by atoms with E-state index in [2.05, 4.69) is 0 Å². The SMILES string of the molecule is NC(=O)C[C@@H](N)C(=O)N1CCCCC1. The number of primary amides is 1. The summed E-state index contributed by atoms with van der Waals surface area (Å²) in [5.41, 5.74) is 10.5. The van der Waals surface area contributed by atoms with Gasteiger partial charge in [0.2, 0.25) is 11.8 Å². The zero-order valence-corrected chi connectivity index (χ0v) is 8.24. The maximum atomic E-state index is 11.6. The molecule has 0 spiro atoms. The van der Waals surface area contributed by atoms with E-state index < -0.39 is 11.9 Å². The van der Waals surface area contributed by atoms with Gasteiger partial charge < -0.3 is 16.4 Å². The molecule has 14 heavy (non-hydrogen) atoms. The normalized spacial score (nSPS) is 19.1. The Morgan fingerprint density at radius 2 is 1.79 bits per heavy atom. The van der Waals surface area contributed by atoms with Crippen molar-refractivity contribution < 1.29 is 9.59 Å². The van der Waals surface area contributed by atoms with Crippen molar-refractivity contribution in [3.05, 3.63) is 0 Å². The molecular formula is C9H17N3O2. The lowest BCUT2D eigenvalue weighted by molar-refractivity contribution is -0.135. The van der Waals surface area contributed by atoms with Gasteiger partial charge in [-0.05, 0) is 19.3 Å². The zero-order chi connectivity index (χ0) is 10.6. The molecule has 0 aromatic heterocycles. The highest BCUT2D eigenvalue weighted by molar-refractivity contribution is 5.87. The topological polar surface area (TPSA) is 89.4 Å². The predicted molar refractivity (Wildman–Crippen MR) is 52.2 cm³/mol. The number of amides is 2. The van der Waals surface area contributed by atoms with E-state index in [0.29, 0.717) is 0 Å². The molecule has 0 aromatic rings. The van der Waals surface area contributed by atoms with Crippen LogP contribution in [0.15, 0.2) is 0 Å². The Hall–Kier alpha value is -1.10. The minimum atomic E-state index is -0.759. The fraction of sp³-hybridized carbons (Fsp3) is 0.778. The first kappa shape index (κ1) is 11.0. The summed E-state index contributed by atoms with van der Waals surface area (Å²) in [5, 5.41) is 0. The van der Waals surface area contributed by atoms with Crippen LogP contribution < -0.4 is 11.5 Å². The van der Waals surface area contributed by atoms with E-state index in [1.807, 2.05) is 0 Å². The molecule has 1 aliphatic heterocycles. The second-order valence-corrected chi connectivity index (χ2v) is 3.66. The van der Waals surface area contributed by atoms with E-state index in [0.717, 1.165) is 32.4 Å². The number of hydrogen-bond acceptors (Lipinski definition) is 3. The monoisotopic (exact) mass is 199 g/mol. The molecule has 0 radical (unpaired) electrons. The molecule has 0 unspecified atom stereocenters. The minimum absolute atomic E-state index is 0.0602. The maximum Gasteiger partial charge on any atom is 0.240 e. The van der Waals surface area contributed by atoms with E-state index in [-0.39, 0.29) is 12.3 Å². The lowest BCUT2D eigenvalue weighted by atomic mass is 10.1. The number of piperidine rings is 1. The van der Waals surface area contributed by atoms with Gasteiger partial charge >= 0.3 is 0 Å². The summed E-state index contributed by atoms with van der Waals surface area (Å²) in [5.74, 6) is -0.675. The molecule has 1 fully saturated rings. The highest BCUT2D eigenvalue weighted by Crippen LogP contribution is 2.10. The van der Waals surface area contributed by atoms with Gasteiger partial charge in [-0.2, -0.15) is 0 Å². The third kappa shape index (κ3) is 2.99. The van der Waals surface area contributed by atoms with Gasteiger partial charge in [0.05, 0.1) is 12.5 Å². The Labute approximate surface area is 83.4 Å². The van der Waals surface area contributed by atoms with E-state index in [4.69, 9.17) is 11.5 Å². The summed E-state index contributed by atoms with van der Waals surface area (Å²) in [7, 11) is 0. The van der Waals surface area contributed by atoms with Crippen molar-refractivity contribution in [2.24, 2.45) is 11.5 Å². The summed E-state index contributed by atoms with van der Waals surface area (Å²) < 4.78 is 0. The Morgan fingerprint density at radius 1 is 1.21 bits per heavy atom. The van der Waals surface area contributed by atoms with Crippen LogP contribution in [0.3, 0.4) is 0 Å². The van der Waals surface area contributed by atoms with Gasteiger partial charge in [0, 0.05) is 13.1 Å². The average Bonchev–Trinajstić information content (AvgIpc) is 2.17. The highest BCUT2D eigenvalue weighted by atomic mass is 16.2. The molecule has 5 nitrogen and oxygen atoms in total. The second-order valence-electron chi connectivity index (χ2n) is 3.66. The Kier molecular flexibility index (Phi) is 3.88. The molecule has 0 bridgehead atoms. The average molecular weight is 199 g/mol. The molecule has 5 heteroatoms. The van der Waals surface area contributed by atoms with Gasteiger partial charge in [-0.3, -0.25) is 9.59 Å². The minimum Gasteiger partial charge on any atom is -0.370 e. The standard InChI is InChI=1S/C9H17N3O2/c10-7(6-8(11)13)9(14)12-4-2-1-3-5-12/h7H,1-6,10H2,(H2,11,13)/t7-/m1/s1. The molecular weight excluding hydrogens is 182 g/mol. The lowest BCUT2D eigenvalue weighted by Crippen LogP contribution is -2.47. The van der Waals surface area contributed by atoms with E-state index >= 15 is 0 Å². The largest absolute Gasteiger partial charge is 0.370 e. The van der Waals surface area contributed by atoms with Crippen molar-refractivity contribution in [1.82, 2.24) is 4.90 Å². The summed E-state index contributed by atoms with van der Waals surface area (Å²) >= 11 is 0. The van der Waals surface area contributed by atoms with Crippen LogP contribution in [-0.2, 0) is 9.59 Å². The lowest BCUT2D eigenvalue weighted by Gasteiger charge is -2.28. The van der Waals surface area contributed by atoms with Gasteiger partial charge in [-0.25, -0.2) is 0 Å². The molecule has 0 saturated carbocycles. The highest BCUT2D eigenvalue weighted by Gasteiger charge is 2.23. The van der Waals surface area contributed by atoms with Gasteiger partial charge in [0.15, 0.2) is 0 Å². The van der Waals surface area contributed by atoms with Crippen LogP contribution in [0.5, 0.6) is 0 Å². The first-order chi connectivity index (χ1) is 6.61. The van der Waals surface area contributed by atoms with Crippen molar-refractivity contribution in [2.45, 2.75) is 31.7 Å². The molecule has 0 aliphatic carbocycles. The fourth-order valence-corrected chi connectivity index (χ4v) is 1.65. The maximum absolute atomic E-state index is 11.6. The Bertz CT molecular complexity index is 224. The van der Waals surface area contributed by atoms with Crippen LogP contribution in [0.2, 0.25) is 0 Å². The number of hydrogen-bond donors (Lipinski definition) is 2. The Morgan fingerprint density at radius 3 is 2.29 bits per heavy atom. The van der Waals surface area contributed by atoms with Crippen molar-refractivity contribution in [3.63, 3.8) is 0 Å². The van der Waals surface area contributed by atoms with Gasteiger partial charge in [0.1, 0.15) is 0 Å². The summed E-state index contributed by atoms with van der Waals surface area (Å²) in [6, 6.07) is -0.759. The smallest absolute Gasteiger partial charge is 0.240 e. The summed E-state index contributed by atoms with van der Waals surface area (Å²) in [6.45, 7) is 1.51. The van der Waals surface area contributed by atoms with Crippen LogP contribution >= 0.6 is 0 Å². The molecule has 80 valence electrons. The molecule has 1 heterocycles. The molecule has 1 atom stereocenters. The molecule has 1 aliphatic rings. The van der Waals surface area contributed by atoms with Gasteiger partial charge in [0.25, 0.3) is 0 Å². The summed E-state index contributed by atoms with van der Waals surface area (Å²) in [4.78, 5) is 23.9. The number of carbonyl (C=O) groups excluding carboxylic acids is 2. The first-order valence-electron chi connectivity index (χ1n) is 4.94. The molecule has 2 amide bonds. The van der Waals surface area contributed by atoms with Gasteiger partial charge in [-0.15, -0.1) is 0 Å². The van der Waals surface area contributed by atoms with Crippen LogP contribution in [-0.4, -0.2) is 35.8 Å². The third-order valence-electron chi connectivity index (χ3n) is 2.41. The Balaban J connectivity index is 2.42. The predicted octanol–water partition coefficient (Wildman–Crippen LogP) is -0.798. The molecule has 4 N–H and O–H groups in total. The van der Waals surface area contributed by atoms with Crippen molar-refractivity contribution in [1.29, 1.82) is 0 Å². The number of nitrogens with zero attached hydrogens (tertiary/aromatic N) is 1. The van der Waals surface area contributed by atoms with E-state index in [9.17, 15) is 9.59 Å². The number of rotatable bonds is 3. The van der Waals surface area contributed by atoms with Crippen LogP contribution in [0.4, 0.5) is 0 Å². The van der Waals surface area contributed by atoms with E-state index in [1.165, 1.54) is 0 Å². The van der Waals surface area contributed by atoms with Crippen LogP contribution in [0, 0.1) is 0 Å². The quantitative estimate of drug-likeness (QED) is 0.623. The summed E-state index contributed by atoms with van der Waals surface area (Å²) in [6.07, 6.45) is 3.15. The number of nitrogens with two attached hydrogens (primary N) is 2. The van der Waals surface area contributed by atoms with Crippen LogP contribution in [0.25, 0.3) is 0 Å². The van der Waals surface area contributed by atoms with E-state index in [1.54, 1.807) is 4.90 Å². The first-order valence-corrected chi connectivity index (χ1v) is 4.94. The van der Waals surface area contributed by atoms with Gasteiger partial charge in [-0.1, -0.05) is 0 Å². The number of likely N-dealkylation sites (tertiary alicyclic amines) is 1. The number of carbonyl (C=O) groups is 2. The fourth-order valence-electron chi connectivity index (χ4n) is 1.65. The third-order valence-corrected chi connectivity index (χ3v) is 2.41. The molecule has 0 aromatic carbocycles. The molecule has 1 rings (SSSR count). The van der Waals surface area contributed by atoms with Crippen molar-refractivity contribution in [2.75, 3.05) is 13.1 Å². The zero-order valence-electron chi connectivity index (χ0n) is 8.24. The second kappa shape index (κ2) is 4.95. The van der Waals surface area contributed by atoms with Crippen LogP contribution in [0.1, 0.15) is 25.7 Å². The van der Waals surface area contributed by atoms with Crippen molar-refractivity contribution >= 4 is 11.8 Å². The van der Waals surface area contributed by atoms with Crippen molar-refractivity contribution in [3.8, 4) is 0 Å². The molecule has 1 saturated heterocycles.